The Morgan fingerprint density at radius 2 is 2.10 bits per heavy atom. The van der Waals surface area contributed by atoms with Crippen molar-refractivity contribution in [1.82, 2.24) is 10.2 Å². The topological polar surface area (TPSA) is 119 Å². The number of hydrogen-bond donors (Lipinski definition) is 1. The molecule has 0 radical (unpaired) electrons. The Kier molecular flexibility index (Phi) is 3.87. The molecule has 0 aliphatic heterocycles. The predicted molar refractivity (Wildman–Crippen MR) is 62.3 cm³/mol. The summed E-state index contributed by atoms with van der Waals surface area (Å²) in [5.41, 5.74) is -1.62. The summed E-state index contributed by atoms with van der Waals surface area (Å²) in [7, 11) is 0. The van der Waals surface area contributed by atoms with E-state index in [4.69, 9.17) is 9.52 Å². The molecule has 1 N–H and O–H groups in total. The fraction of sp³-hybridized carbons (Fsp3) is 0.182. The van der Waals surface area contributed by atoms with Crippen molar-refractivity contribution < 1.29 is 28.0 Å². The third-order valence-corrected chi connectivity index (χ3v) is 2.46. The number of aryl methyl sites for hydroxylation is 1. The van der Waals surface area contributed by atoms with Gasteiger partial charge in [-0.15, -0.1) is 10.2 Å². The number of nitro groups is 1. The van der Waals surface area contributed by atoms with Crippen LogP contribution in [0.2, 0.25) is 0 Å². The first-order valence-electron chi connectivity index (χ1n) is 5.56. The molecule has 0 spiro atoms. The van der Waals surface area contributed by atoms with Gasteiger partial charge in [-0.3, -0.25) is 14.9 Å². The second-order valence-corrected chi connectivity index (χ2v) is 3.94. The van der Waals surface area contributed by atoms with Gasteiger partial charge in [0.15, 0.2) is 0 Å². The first kappa shape index (κ1) is 14.5. The molecule has 2 aromatic rings. The van der Waals surface area contributed by atoms with Crippen LogP contribution in [0.25, 0.3) is 11.5 Å². The van der Waals surface area contributed by atoms with Crippen molar-refractivity contribution in [2.75, 3.05) is 0 Å². The van der Waals surface area contributed by atoms with Gasteiger partial charge in [-0.1, -0.05) is 0 Å². The van der Waals surface area contributed by atoms with Crippen LogP contribution in [0.4, 0.5) is 14.5 Å². The van der Waals surface area contributed by atoms with Gasteiger partial charge in [0, 0.05) is 6.42 Å². The third-order valence-electron chi connectivity index (χ3n) is 2.46. The largest absolute Gasteiger partial charge is 0.481 e. The lowest BCUT2D eigenvalue weighted by atomic mass is 10.2. The summed E-state index contributed by atoms with van der Waals surface area (Å²) in [6.07, 6.45) is -0.380. The normalized spacial score (nSPS) is 10.6. The summed E-state index contributed by atoms with van der Waals surface area (Å²) in [5.74, 6) is -4.00. The number of aliphatic carboxylic acids is 1. The van der Waals surface area contributed by atoms with E-state index in [2.05, 4.69) is 10.2 Å². The lowest BCUT2D eigenvalue weighted by Gasteiger charge is -1.99. The molecular formula is C11H7F2N3O5. The third kappa shape index (κ3) is 3.16. The van der Waals surface area contributed by atoms with Crippen molar-refractivity contribution in [2.45, 2.75) is 12.8 Å². The summed E-state index contributed by atoms with van der Waals surface area (Å²) >= 11 is 0. The molecule has 0 unspecified atom stereocenters. The van der Waals surface area contributed by atoms with Gasteiger partial charge in [0.2, 0.25) is 11.7 Å². The average Bonchev–Trinajstić information content (AvgIpc) is 2.87. The number of rotatable bonds is 5. The molecule has 0 fully saturated rings. The Morgan fingerprint density at radius 1 is 1.38 bits per heavy atom. The minimum Gasteiger partial charge on any atom is -0.481 e. The van der Waals surface area contributed by atoms with Crippen molar-refractivity contribution in [1.29, 1.82) is 0 Å². The fourth-order valence-electron chi connectivity index (χ4n) is 1.54. The molecule has 0 saturated carbocycles. The minimum absolute atomic E-state index is 0.0959. The Hall–Kier alpha value is -2.91. The van der Waals surface area contributed by atoms with Gasteiger partial charge in [-0.05, 0) is 6.07 Å². The number of nitro benzene ring substituents is 1. The Bertz CT molecular complexity index is 716. The highest BCUT2D eigenvalue weighted by Gasteiger charge is 2.24. The van der Waals surface area contributed by atoms with E-state index in [0.29, 0.717) is 12.1 Å². The van der Waals surface area contributed by atoms with E-state index in [1.54, 1.807) is 0 Å². The molecule has 110 valence electrons. The lowest BCUT2D eigenvalue weighted by molar-refractivity contribution is -0.387. The van der Waals surface area contributed by atoms with Crippen LogP contribution in [0.3, 0.4) is 0 Å². The van der Waals surface area contributed by atoms with Crippen molar-refractivity contribution in [3.8, 4) is 11.5 Å². The molecule has 0 atom stereocenters. The maximum Gasteiger partial charge on any atom is 0.308 e. The van der Waals surface area contributed by atoms with Crippen molar-refractivity contribution >= 4 is 11.7 Å². The molecule has 0 saturated heterocycles. The number of hydrogen-bond acceptors (Lipinski definition) is 6. The zero-order valence-corrected chi connectivity index (χ0v) is 10.2. The second kappa shape index (κ2) is 5.61. The molecule has 1 aromatic carbocycles. The summed E-state index contributed by atoms with van der Waals surface area (Å²) < 4.78 is 32.1. The van der Waals surface area contributed by atoms with Crippen LogP contribution in [-0.4, -0.2) is 26.2 Å². The monoisotopic (exact) mass is 299 g/mol. The van der Waals surface area contributed by atoms with Crippen LogP contribution >= 0.6 is 0 Å². The summed E-state index contributed by atoms with van der Waals surface area (Å²) in [5, 5.41) is 26.0. The molecule has 2 rings (SSSR count). The van der Waals surface area contributed by atoms with Crippen LogP contribution in [-0.2, 0) is 11.2 Å². The lowest BCUT2D eigenvalue weighted by Crippen LogP contribution is -1.97. The van der Waals surface area contributed by atoms with Gasteiger partial charge < -0.3 is 9.52 Å². The zero-order valence-electron chi connectivity index (χ0n) is 10.2. The summed E-state index contributed by atoms with van der Waals surface area (Å²) in [4.78, 5) is 19.9. The first-order valence-corrected chi connectivity index (χ1v) is 5.56. The maximum atomic E-state index is 13.9. The van der Waals surface area contributed by atoms with Crippen molar-refractivity contribution in [3.05, 3.63) is 39.8 Å². The molecule has 0 aliphatic carbocycles. The summed E-state index contributed by atoms with van der Waals surface area (Å²) in [6.45, 7) is 0. The van der Waals surface area contributed by atoms with E-state index in [1.165, 1.54) is 0 Å². The molecule has 0 aliphatic rings. The SMILES string of the molecule is O=C(O)CCc1nnc(-c2cc(F)cc([N+](=O)[O-])c2F)o1. The predicted octanol–water partition coefficient (Wildman–Crippen LogP) is 1.94. The van der Waals surface area contributed by atoms with Gasteiger partial charge in [-0.2, -0.15) is 4.39 Å². The quantitative estimate of drug-likeness (QED) is 0.661. The molecule has 1 aromatic heterocycles. The van der Waals surface area contributed by atoms with Gasteiger partial charge in [0.1, 0.15) is 5.82 Å². The van der Waals surface area contributed by atoms with E-state index in [9.17, 15) is 23.7 Å². The molecule has 21 heavy (non-hydrogen) atoms. The number of carboxylic acid groups (broad SMARTS) is 1. The van der Waals surface area contributed by atoms with E-state index < -0.39 is 39.7 Å². The van der Waals surface area contributed by atoms with Crippen LogP contribution in [0.5, 0.6) is 0 Å². The molecule has 1 heterocycles. The Balaban J connectivity index is 2.38. The molecule has 0 bridgehead atoms. The number of carbonyl (C=O) groups is 1. The highest BCUT2D eigenvalue weighted by Crippen LogP contribution is 2.29. The highest BCUT2D eigenvalue weighted by molar-refractivity contribution is 5.66. The van der Waals surface area contributed by atoms with Crippen LogP contribution in [0.15, 0.2) is 16.5 Å². The van der Waals surface area contributed by atoms with Crippen molar-refractivity contribution in [3.63, 3.8) is 0 Å². The van der Waals surface area contributed by atoms with E-state index in [0.717, 1.165) is 0 Å². The van der Waals surface area contributed by atoms with E-state index >= 15 is 0 Å². The van der Waals surface area contributed by atoms with Gasteiger partial charge in [0.05, 0.1) is 23.0 Å². The van der Waals surface area contributed by atoms with Crippen LogP contribution in [0, 0.1) is 21.7 Å². The van der Waals surface area contributed by atoms with Crippen LogP contribution < -0.4 is 0 Å². The Labute approximate surface area is 115 Å². The van der Waals surface area contributed by atoms with Gasteiger partial charge >= 0.3 is 11.7 Å². The minimum atomic E-state index is -1.31. The maximum absolute atomic E-state index is 13.9. The molecule has 8 nitrogen and oxygen atoms in total. The molecule has 0 amide bonds. The highest BCUT2D eigenvalue weighted by atomic mass is 19.1. The average molecular weight is 299 g/mol. The number of halogens is 2. The zero-order chi connectivity index (χ0) is 15.6. The Morgan fingerprint density at radius 3 is 2.71 bits per heavy atom. The number of carboxylic acids is 1. The smallest absolute Gasteiger partial charge is 0.308 e. The number of benzene rings is 1. The number of aromatic nitrogens is 2. The number of nitrogens with zero attached hydrogens (tertiary/aromatic N) is 3. The molecule has 10 heteroatoms. The summed E-state index contributed by atoms with van der Waals surface area (Å²) in [6, 6.07) is 1.11. The van der Waals surface area contributed by atoms with Gasteiger partial charge in [-0.25, -0.2) is 4.39 Å². The first-order chi connectivity index (χ1) is 9.88. The van der Waals surface area contributed by atoms with Crippen molar-refractivity contribution in [2.24, 2.45) is 0 Å². The standard InChI is InChI=1S/C11H7F2N3O5/c12-5-3-6(10(13)7(4-5)16(19)20)11-15-14-8(21-11)1-2-9(17)18/h3-4H,1-2H2,(H,17,18). The fourth-order valence-corrected chi connectivity index (χ4v) is 1.54. The van der Waals surface area contributed by atoms with E-state index in [-0.39, 0.29) is 18.7 Å². The van der Waals surface area contributed by atoms with Crippen LogP contribution in [0.1, 0.15) is 12.3 Å². The second-order valence-electron chi connectivity index (χ2n) is 3.94. The van der Waals surface area contributed by atoms with Gasteiger partial charge in [0.25, 0.3) is 5.89 Å². The van der Waals surface area contributed by atoms with E-state index in [1.807, 2.05) is 0 Å². The molecular weight excluding hydrogens is 292 g/mol.